The van der Waals surface area contributed by atoms with Gasteiger partial charge in [-0.25, -0.2) is 0 Å². The van der Waals surface area contributed by atoms with Crippen LogP contribution in [0.2, 0.25) is 0 Å². The van der Waals surface area contributed by atoms with Gasteiger partial charge in [0.25, 0.3) is 5.91 Å². The Kier molecular flexibility index (Phi) is 5.33. The molecule has 1 aliphatic rings. The van der Waals surface area contributed by atoms with E-state index in [2.05, 4.69) is 4.90 Å². The molecule has 1 heterocycles. The maximum atomic E-state index is 12.0. The third kappa shape index (κ3) is 3.81. The van der Waals surface area contributed by atoms with Gasteiger partial charge in [-0.3, -0.25) is 9.69 Å². The Morgan fingerprint density at radius 2 is 2.24 bits per heavy atom. The number of amides is 1. The van der Waals surface area contributed by atoms with Gasteiger partial charge in [0.05, 0.1) is 12.7 Å². The van der Waals surface area contributed by atoms with Crippen molar-refractivity contribution >= 4 is 5.91 Å². The maximum absolute atomic E-state index is 12.0. The standard InChI is InChI=1S/C16H24N2O3/c1-17(2)16(20)13-6-4-5-12(7-13)9-18-10-15(21-3)8-14(18)11-19/h4-7,14-15,19H,8-11H2,1-3H3/t14-,15+/m0/s1. The highest BCUT2D eigenvalue weighted by molar-refractivity contribution is 5.94. The molecule has 5 nitrogen and oxygen atoms in total. The van der Waals surface area contributed by atoms with Crippen molar-refractivity contribution in [1.29, 1.82) is 0 Å². The van der Waals surface area contributed by atoms with Crippen molar-refractivity contribution in [3.63, 3.8) is 0 Å². The van der Waals surface area contributed by atoms with Crippen LogP contribution in [0.3, 0.4) is 0 Å². The normalized spacial score (nSPS) is 22.5. The minimum absolute atomic E-state index is 0.00625. The van der Waals surface area contributed by atoms with Gasteiger partial charge in [-0.05, 0) is 24.1 Å². The number of benzene rings is 1. The number of carbonyl (C=O) groups is 1. The van der Waals surface area contributed by atoms with Crippen molar-refractivity contribution < 1.29 is 14.6 Å². The van der Waals surface area contributed by atoms with Crippen LogP contribution in [0.5, 0.6) is 0 Å². The highest BCUT2D eigenvalue weighted by Crippen LogP contribution is 2.22. The lowest BCUT2D eigenvalue weighted by molar-refractivity contribution is 0.0827. The first-order chi connectivity index (χ1) is 10.0. The Hall–Kier alpha value is -1.43. The van der Waals surface area contributed by atoms with Crippen LogP contribution in [0.4, 0.5) is 0 Å². The first kappa shape index (κ1) is 15.9. The fraction of sp³-hybridized carbons (Fsp3) is 0.562. The summed E-state index contributed by atoms with van der Waals surface area (Å²) in [5.41, 5.74) is 1.78. The Morgan fingerprint density at radius 1 is 1.48 bits per heavy atom. The first-order valence-electron chi connectivity index (χ1n) is 7.23. The SMILES string of the molecule is CO[C@@H]1C[C@@H](CO)N(Cc2cccc(C(=O)N(C)C)c2)C1. The molecule has 1 N–H and O–H groups in total. The molecule has 0 saturated carbocycles. The third-order valence-corrected chi connectivity index (χ3v) is 4.00. The van der Waals surface area contributed by atoms with Crippen LogP contribution in [-0.4, -0.2) is 67.3 Å². The van der Waals surface area contributed by atoms with Crippen LogP contribution >= 0.6 is 0 Å². The minimum atomic E-state index is 0.00625. The average molecular weight is 292 g/mol. The van der Waals surface area contributed by atoms with Crippen molar-refractivity contribution in [2.24, 2.45) is 0 Å². The predicted molar refractivity (Wildman–Crippen MR) is 81.2 cm³/mol. The van der Waals surface area contributed by atoms with Gasteiger partial charge in [0, 0.05) is 45.9 Å². The number of hydrogen-bond donors (Lipinski definition) is 1. The second-order valence-electron chi connectivity index (χ2n) is 5.76. The van der Waals surface area contributed by atoms with E-state index >= 15 is 0 Å². The number of methoxy groups -OCH3 is 1. The summed E-state index contributed by atoms with van der Waals surface area (Å²) >= 11 is 0. The summed E-state index contributed by atoms with van der Waals surface area (Å²) in [6, 6.07) is 7.81. The van der Waals surface area contributed by atoms with Crippen LogP contribution in [0.15, 0.2) is 24.3 Å². The molecule has 1 aromatic carbocycles. The molecule has 1 aliphatic heterocycles. The monoisotopic (exact) mass is 292 g/mol. The number of aliphatic hydroxyl groups excluding tert-OH is 1. The van der Waals surface area contributed by atoms with E-state index in [4.69, 9.17) is 4.74 Å². The van der Waals surface area contributed by atoms with Crippen molar-refractivity contribution in [3.05, 3.63) is 35.4 Å². The second-order valence-corrected chi connectivity index (χ2v) is 5.76. The van der Waals surface area contributed by atoms with Crippen molar-refractivity contribution in [1.82, 2.24) is 9.80 Å². The fourth-order valence-corrected chi connectivity index (χ4v) is 2.79. The lowest BCUT2D eigenvalue weighted by Crippen LogP contribution is -2.32. The van der Waals surface area contributed by atoms with Gasteiger partial charge in [0.1, 0.15) is 0 Å². The van der Waals surface area contributed by atoms with Crippen LogP contribution in [0.1, 0.15) is 22.3 Å². The van der Waals surface area contributed by atoms with Crippen molar-refractivity contribution in [2.75, 3.05) is 34.4 Å². The fourth-order valence-electron chi connectivity index (χ4n) is 2.79. The second kappa shape index (κ2) is 7.02. The number of aliphatic hydroxyl groups is 1. The van der Waals surface area contributed by atoms with E-state index < -0.39 is 0 Å². The summed E-state index contributed by atoms with van der Waals surface area (Å²) in [5.74, 6) is 0.00625. The van der Waals surface area contributed by atoms with Crippen molar-refractivity contribution in [3.8, 4) is 0 Å². The van der Waals surface area contributed by atoms with Crippen LogP contribution in [0.25, 0.3) is 0 Å². The summed E-state index contributed by atoms with van der Waals surface area (Å²) in [6.07, 6.45) is 1.03. The molecule has 0 aliphatic carbocycles. The molecule has 1 aromatic rings. The highest BCUT2D eigenvalue weighted by atomic mass is 16.5. The van der Waals surface area contributed by atoms with E-state index in [-0.39, 0.29) is 24.7 Å². The van der Waals surface area contributed by atoms with Gasteiger partial charge < -0.3 is 14.7 Å². The molecule has 1 saturated heterocycles. The summed E-state index contributed by atoms with van der Waals surface area (Å²) < 4.78 is 5.39. The number of rotatable bonds is 5. The molecule has 0 radical (unpaired) electrons. The minimum Gasteiger partial charge on any atom is -0.395 e. The Labute approximate surface area is 126 Å². The predicted octanol–water partition coefficient (Wildman–Crippen LogP) is 0.970. The summed E-state index contributed by atoms with van der Waals surface area (Å²) in [6.45, 7) is 1.67. The molecule has 0 aromatic heterocycles. The van der Waals surface area contributed by atoms with E-state index in [1.54, 1.807) is 26.1 Å². The van der Waals surface area contributed by atoms with Gasteiger partial charge >= 0.3 is 0 Å². The van der Waals surface area contributed by atoms with Gasteiger partial charge in [-0.15, -0.1) is 0 Å². The molecule has 0 bridgehead atoms. The molecule has 0 spiro atoms. The average Bonchev–Trinajstić information content (AvgIpc) is 2.88. The van der Waals surface area contributed by atoms with E-state index in [1.165, 1.54) is 0 Å². The summed E-state index contributed by atoms with van der Waals surface area (Å²) in [4.78, 5) is 15.8. The summed E-state index contributed by atoms with van der Waals surface area (Å²) in [5, 5.41) is 9.49. The molecule has 5 heteroatoms. The Balaban J connectivity index is 2.09. The van der Waals surface area contributed by atoms with Crippen LogP contribution in [-0.2, 0) is 11.3 Å². The Bertz CT molecular complexity index is 490. The van der Waals surface area contributed by atoms with E-state index in [0.29, 0.717) is 5.56 Å². The molecular weight excluding hydrogens is 268 g/mol. The zero-order chi connectivity index (χ0) is 15.4. The molecule has 116 valence electrons. The molecule has 21 heavy (non-hydrogen) atoms. The topological polar surface area (TPSA) is 53.0 Å². The summed E-state index contributed by atoms with van der Waals surface area (Å²) in [7, 11) is 5.21. The quantitative estimate of drug-likeness (QED) is 0.878. The van der Waals surface area contributed by atoms with Crippen LogP contribution < -0.4 is 0 Å². The van der Waals surface area contributed by atoms with E-state index in [1.807, 2.05) is 24.3 Å². The third-order valence-electron chi connectivity index (χ3n) is 4.00. The number of likely N-dealkylation sites (tertiary alicyclic amines) is 1. The molecule has 0 unspecified atom stereocenters. The van der Waals surface area contributed by atoms with E-state index in [0.717, 1.165) is 25.1 Å². The number of ether oxygens (including phenoxy) is 1. The molecule has 2 atom stereocenters. The zero-order valence-corrected chi connectivity index (χ0v) is 13.0. The van der Waals surface area contributed by atoms with Crippen molar-refractivity contribution in [2.45, 2.75) is 25.1 Å². The smallest absolute Gasteiger partial charge is 0.253 e. The molecule has 1 amide bonds. The van der Waals surface area contributed by atoms with Gasteiger partial charge in [0.15, 0.2) is 0 Å². The lowest BCUT2D eigenvalue weighted by Gasteiger charge is -2.22. The molecule has 2 rings (SSSR count). The maximum Gasteiger partial charge on any atom is 0.253 e. The number of hydrogen-bond acceptors (Lipinski definition) is 4. The van der Waals surface area contributed by atoms with Gasteiger partial charge in [0.2, 0.25) is 0 Å². The highest BCUT2D eigenvalue weighted by Gasteiger charge is 2.31. The molecular formula is C16H24N2O3. The first-order valence-corrected chi connectivity index (χ1v) is 7.23. The zero-order valence-electron chi connectivity index (χ0n) is 13.0. The lowest BCUT2D eigenvalue weighted by atomic mass is 10.1. The Morgan fingerprint density at radius 3 is 2.86 bits per heavy atom. The largest absolute Gasteiger partial charge is 0.395 e. The molecule has 1 fully saturated rings. The number of carbonyl (C=O) groups excluding carboxylic acids is 1. The number of nitrogens with zero attached hydrogens (tertiary/aromatic N) is 2. The van der Waals surface area contributed by atoms with E-state index in [9.17, 15) is 9.90 Å². The van der Waals surface area contributed by atoms with Gasteiger partial charge in [-0.1, -0.05) is 12.1 Å². The van der Waals surface area contributed by atoms with Gasteiger partial charge in [-0.2, -0.15) is 0 Å². The van der Waals surface area contributed by atoms with Crippen LogP contribution in [0, 0.1) is 0 Å².